The summed E-state index contributed by atoms with van der Waals surface area (Å²) < 4.78 is 1.89. The van der Waals surface area contributed by atoms with Gasteiger partial charge in [-0.2, -0.15) is 0 Å². The molecule has 0 fully saturated rings. The van der Waals surface area contributed by atoms with Crippen molar-refractivity contribution in [1.29, 1.82) is 0 Å². The third-order valence-electron chi connectivity index (χ3n) is 3.39. The van der Waals surface area contributed by atoms with E-state index in [1.165, 1.54) is 11.1 Å². The maximum Gasteiger partial charge on any atom is 0.321 e. The van der Waals surface area contributed by atoms with Crippen molar-refractivity contribution in [2.45, 2.75) is 31.7 Å². The highest BCUT2D eigenvalue weighted by Crippen LogP contribution is 2.25. The molecule has 0 saturated heterocycles. The summed E-state index contributed by atoms with van der Waals surface area (Å²) in [5.41, 5.74) is 7.76. The zero-order chi connectivity index (χ0) is 16.7. The Morgan fingerprint density at radius 2 is 2.05 bits per heavy atom. The predicted molar refractivity (Wildman–Crippen MR) is 83.9 cm³/mol. The summed E-state index contributed by atoms with van der Waals surface area (Å²) in [5, 5.41) is 16.0. The number of aliphatic carboxylic acids is 2. The van der Waals surface area contributed by atoms with Crippen molar-refractivity contribution < 1.29 is 19.8 Å². The molecule has 22 heavy (non-hydrogen) atoms. The summed E-state index contributed by atoms with van der Waals surface area (Å²) in [6, 6.07) is 7.36. The third kappa shape index (κ3) is 6.01. The van der Waals surface area contributed by atoms with Crippen LogP contribution in [0.2, 0.25) is 0 Å². The lowest BCUT2D eigenvalue weighted by Crippen LogP contribution is -2.32. The first-order valence-corrected chi connectivity index (χ1v) is 7.33. The minimum Gasteiger partial charge on any atom is -0.481 e. The molecule has 1 aliphatic heterocycles. The van der Waals surface area contributed by atoms with Crippen molar-refractivity contribution in [3.05, 3.63) is 35.4 Å². The number of hydrogen-bond donors (Lipinski definition) is 3. The highest BCUT2D eigenvalue weighted by molar-refractivity contribution is 6.13. The zero-order valence-electron chi connectivity index (χ0n) is 12.4. The standard InChI is InChI=1S/C11H14ClN.C4H7NO4/c1-9-8-13(12)7-6-10-4-2-3-5-11(9)10;5-2(4(8)9)1-3(6)7/h2-5,9H,6-8H2,1H3;2H,1,5H2,(H,6,7)(H,8,9)/t9-;2-/m10/s1. The lowest BCUT2D eigenvalue weighted by atomic mass is 9.96. The van der Waals surface area contributed by atoms with Gasteiger partial charge in [-0.05, 0) is 35.2 Å². The maximum atomic E-state index is 9.85. The van der Waals surface area contributed by atoms with Crippen LogP contribution >= 0.6 is 11.8 Å². The number of rotatable bonds is 3. The Balaban J connectivity index is 0.000000239. The number of hydrogen-bond acceptors (Lipinski definition) is 4. The molecule has 1 aromatic carbocycles. The van der Waals surface area contributed by atoms with Crippen molar-refractivity contribution in [2.24, 2.45) is 5.73 Å². The van der Waals surface area contributed by atoms with E-state index in [4.69, 9.17) is 27.7 Å². The minimum atomic E-state index is -1.29. The van der Waals surface area contributed by atoms with E-state index in [9.17, 15) is 9.59 Å². The van der Waals surface area contributed by atoms with Crippen molar-refractivity contribution in [2.75, 3.05) is 13.1 Å². The van der Waals surface area contributed by atoms with E-state index in [0.717, 1.165) is 19.5 Å². The number of halogens is 1. The van der Waals surface area contributed by atoms with Gasteiger partial charge in [0.1, 0.15) is 6.04 Å². The number of fused-ring (bicyclic) bond motifs is 1. The molecule has 4 N–H and O–H groups in total. The van der Waals surface area contributed by atoms with Crippen molar-refractivity contribution in [1.82, 2.24) is 4.42 Å². The van der Waals surface area contributed by atoms with Gasteiger partial charge in [0.15, 0.2) is 0 Å². The average molecular weight is 329 g/mol. The summed E-state index contributed by atoms with van der Waals surface area (Å²) in [6.07, 6.45) is 0.541. The molecule has 0 amide bonds. The fourth-order valence-corrected chi connectivity index (χ4v) is 2.54. The number of nitrogens with two attached hydrogens (primary N) is 1. The first kappa shape index (κ1) is 18.4. The normalized spacial score (nSPS) is 19.1. The molecule has 7 heteroatoms. The summed E-state index contributed by atoms with van der Waals surface area (Å²) >= 11 is 6.04. The molecule has 0 saturated carbocycles. The van der Waals surface area contributed by atoms with Crippen LogP contribution in [0, 0.1) is 0 Å². The van der Waals surface area contributed by atoms with Crippen molar-refractivity contribution in [3.8, 4) is 0 Å². The maximum absolute atomic E-state index is 9.85. The second-order valence-electron chi connectivity index (χ2n) is 5.26. The quantitative estimate of drug-likeness (QED) is 0.729. The molecule has 0 spiro atoms. The molecule has 6 nitrogen and oxygen atoms in total. The summed E-state index contributed by atoms with van der Waals surface area (Å²) in [5.74, 6) is -1.95. The third-order valence-corrected chi connectivity index (χ3v) is 3.70. The molecule has 0 aliphatic carbocycles. The van der Waals surface area contributed by atoms with Crippen LogP contribution in [0.4, 0.5) is 0 Å². The zero-order valence-corrected chi connectivity index (χ0v) is 13.2. The highest BCUT2D eigenvalue weighted by Gasteiger charge is 2.17. The number of carbonyl (C=O) groups is 2. The smallest absolute Gasteiger partial charge is 0.321 e. The van der Waals surface area contributed by atoms with Gasteiger partial charge in [-0.25, -0.2) is 4.42 Å². The van der Waals surface area contributed by atoms with Gasteiger partial charge in [-0.15, -0.1) is 0 Å². The van der Waals surface area contributed by atoms with Gasteiger partial charge in [0, 0.05) is 13.1 Å². The van der Waals surface area contributed by atoms with E-state index in [-0.39, 0.29) is 0 Å². The molecule has 2 atom stereocenters. The molecule has 122 valence electrons. The van der Waals surface area contributed by atoms with Crippen LogP contribution in [0.1, 0.15) is 30.4 Å². The van der Waals surface area contributed by atoms with Crippen molar-refractivity contribution >= 4 is 23.7 Å². The van der Waals surface area contributed by atoms with Gasteiger partial charge in [0.25, 0.3) is 0 Å². The van der Waals surface area contributed by atoms with Gasteiger partial charge in [-0.3, -0.25) is 9.59 Å². The molecule has 0 radical (unpaired) electrons. The Bertz CT molecular complexity index is 524. The SMILES string of the molecule is C[C@@H]1CN(Cl)CCc2ccccc21.N[C@@H](CC(=O)O)C(=O)O. The predicted octanol–water partition coefficient (Wildman–Crippen LogP) is 1.68. The van der Waals surface area contributed by atoms with Crippen LogP contribution in [0.25, 0.3) is 0 Å². The van der Waals surface area contributed by atoms with Gasteiger partial charge in [0.2, 0.25) is 0 Å². The molecule has 1 aliphatic rings. The first-order chi connectivity index (χ1) is 10.3. The van der Waals surface area contributed by atoms with Crippen LogP contribution in [0.15, 0.2) is 24.3 Å². The topological polar surface area (TPSA) is 104 Å². The lowest BCUT2D eigenvalue weighted by Gasteiger charge is -2.14. The van der Waals surface area contributed by atoms with Crippen molar-refractivity contribution in [3.63, 3.8) is 0 Å². The fraction of sp³-hybridized carbons (Fsp3) is 0.467. The Morgan fingerprint density at radius 3 is 2.59 bits per heavy atom. The Labute approximate surface area is 134 Å². The fourth-order valence-electron chi connectivity index (χ4n) is 2.25. The molecule has 1 aromatic rings. The molecular weight excluding hydrogens is 308 g/mol. The van der Waals surface area contributed by atoms with Gasteiger partial charge in [-0.1, -0.05) is 31.2 Å². The largest absolute Gasteiger partial charge is 0.481 e. The van der Waals surface area contributed by atoms with Gasteiger partial charge in [0.05, 0.1) is 6.42 Å². The molecule has 0 unspecified atom stereocenters. The van der Waals surface area contributed by atoms with Crippen LogP contribution in [-0.4, -0.2) is 45.7 Å². The molecule has 0 bridgehead atoms. The van der Waals surface area contributed by atoms with Crippen LogP contribution in [0.3, 0.4) is 0 Å². The van der Waals surface area contributed by atoms with E-state index in [1.807, 2.05) is 4.42 Å². The monoisotopic (exact) mass is 328 g/mol. The van der Waals surface area contributed by atoms with Crippen LogP contribution < -0.4 is 5.73 Å². The van der Waals surface area contributed by atoms with E-state index in [0.29, 0.717) is 5.92 Å². The number of carboxylic acid groups (broad SMARTS) is 2. The lowest BCUT2D eigenvalue weighted by molar-refractivity contribution is -0.144. The number of carboxylic acids is 2. The average Bonchev–Trinajstić information content (AvgIpc) is 2.58. The summed E-state index contributed by atoms with van der Waals surface area (Å²) in [7, 11) is 0. The van der Waals surface area contributed by atoms with Gasteiger partial charge >= 0.3 is 11.9 Å². The van der Waals surface area contributed by atoms with Crippen LogP contribution in [0.5, 0.6) is 0 Å². The molecule has 1 heterocycles. The van der Waals surface area contributed by atoms with E-state index >= 15 is 0 Å². The van der Waals surface area contributed by atoms with E-state index < -0.39 is 24.4 Å². The second-order valence-corrected chi connectivity index (χ2v) is 5.74. The van der Waals surface area contributed by atoms with Crippen LogP contribution in [-0.2, 0) is 16.0 Å². The molecular formula is C15H21ClN2O4. The Morgan fingerprint density at radius 1 is 1.41 bits per heavy atom. The highest BCUT2D eigenvalue weighted by atomic mass is 35.5. The molecule has 0 aromatic heterocycles. The second kappa shape index (κ2) is 8.73. The first-order valence-electron chi connectivity index (χ1n) is 7.00. The Hall–Kier alpha value is -1.63. The van der Waals surface area contributed by atoms with E-state index in [1.54, 1.807) is 0 Å². The Kier molecular flexibility index (Phi) is 7.31. The van der Waals surface area contributed by atoms with Gasteiger partial charge < -0.3 is 15.9 Å². The number of nitrogens with zero attached hydrogens (tertiary/aromatic N) is 1. The summed E-state index contributed by atoms with van der Waals surface area (Å²) in [4.78, 5) is 19.6. The molecule has 2 rings (SSSR count). The van der Waals surface area contributed by atoms with E-state index in [2.05, 4.69) is 31.2 Å². The minimum absolute atomic E-state index is 0.532. The summed E-state index contributed by atoms with van der Waals surface area (Å²) in [6.45, 7) is 4.15. The number of benzene rings is 1.